The van der Waals surface area contributed by atoms with E-state index in [2.05, 4.69) is 6.58 Å². The van der Waals surface area contributed by atoms with E-state index in [4.69, 9.17) is 4.74 Å². The van der Waals surface area contributed by atoms with Crippen molar-refractivity contribution in [3.05, 3.63) is 12.7 Å². The molecule has 0 aliphatic carbocycles. The Labute approximate surface area is 145 Å². The maximum atomic E-state index is 10.6. The summed E-state index contributed by atoms with van der Waals surface area (Å²) in [6, 6.07) is 0. The predicted octanol–water partition coefficient (Wildman–Crippen LogP) is -2.17. The van der Waals surface area contributed by atoms with Crippen LogP contribution in [0.5, 0.6) is 0 Å². The molecule has 5 nitrogen and oxygen atoms in total. The van der Waals surface area contributed by atoms with Gasteiger partial charge in [-0.15, -0.1) is 0 Å². The van der Waals surface area contributed by atoms with Gasteiger partial charge in [-0.1, -0.05) is 19.4 Å². The van der Waals surface area contributed by atoms with Gasteiger partial charge >= 0.3 is 64.2 Å². The van der Waals surface area contributed by atoms with Crippen LogP contribution in [-0.2, 0) is 19.6 Å². The van der Waals surface area contributed by atoms with E-state index in [0.717, 1.165) is 12.5 Å². The van der Waals surface area contributed by atoms with Crippen LogP contribution in [0, 0.1) is 0 Å². The number of hydrogen-bond acceptors (Lipinski definition) is 5. The second kappa shape index (κ2) is 11.0. The molecule has 0 radical (unpaired) electrons. The van der Waals surface area contributed by atoms with Gasteiger partial charge in [0.25, 0.3) is 0 Å². The Hall–Kier alpha value is 0.925. The summed E-state index contributed by atoms with van der Waals surface area (Å²) in [6.07, 6.45) is 3.50. The van der Waals surface area contributed by atoms with E-state index in [-0.39, 0.29) is 63.9 Å². The summed E-state index contributed by atoms with van der Waals surface area (Å²) >= 11 is 0. The first-order valence-electron chi connectivity index (χ1n) is 4.68. The van der Waals surface area contributed by atoms with Crippen LogP contribution in [0.25, 0.3) is 0 Å². The van der Waals surface area contributed by atoms with Crippen LogP contribution >= 0.6 is 0 Å². The Bertz CT molecular complexity index is 299. The maximum absolute atomic E-state index is 10.6. The first kappa shape index (κ1) is 19.3. The number of esters is 1. The van der Waals surface area contributed by atoms with E-state index in [0.29, 0.717) is 25.9 Å². The van der Waals surface area contributed by atoms with Gasteiger partial charge in [0.15, 0.2) is 0 Å². The summed E-state index contributed by atoms with van der Waals surface area (Å²) in [5.41, 5.74) is 0. The molecule has 0 fully saturated rings. The average Bonchev–Trinajstić information content (AvgIpc) is 2.14. The number of ether oxygens (including phenoxy) is 1. The van der Waals surface area contributed by atoms with Gasteiger partial charge in [0, 0.05) is 11.8 Å². The summed E-state index contributed by atoms with van der Waals surface area (Å²) in [4.78, 5) is 10.6. The molecular formula is C9H15O5RbS. The molecule has 0 aromatic rings. The molecule has 0 aliphatic rings. The molecule has 0 aliphatic heterocycles. The molecule has 0 N–H and O–H groups in total. The van der Waals surface area contributed by atoms with Crippen LogP contribution < -0.4 is 58.2 Å². The molecule has 0 aromatic carbocycles. The number of carbonyl (C=O) groups is 1. The van der Waals surface area contributed by atoms with Gasteiger partial charge in [-0.25, -0.2) is 13.2 Å². The van der Waals surface area contributed by atoms with Gasteiger partial charge in [-0.2, -0.15) is 0 Å². The third kappa shape index (κ3) is 14.9. The monoisotopic (exact) mass is 320 g/mol. The molecule has 0 atom stereocenters. The molecule has 0 rings (SSSR count). The third-order valence-corrected chi connectivity index (χ3v) is 2.49. The van der Waals surface area contributed by atoms with Crippen LogP contribution in [-0.4, -0.2) is 31.3 Å². The Morgan fingerprint density at radius 1 is 1.25 bits per heavy atom. The third-order valence-electron chi connectivity index (χ3n) is 1.70. The molecule has 0 spiro atoms. The molecule has 0 aromatic heterocycles. The molecule has 16 heavy (non-hydrogen) atoms. The van der Waals surface area contributed by atoms with Crippen molar-refractivity contribution in [2.45, 2.75) is 25.7 Å². The fraction of sp³-hybridized carbons (Fsp3) is 0.667. The first-order chi connectivity index (χ1) is 6.95. The van der Waals surface area contributed by atoms with Gasteiger partial charge < -0.3 is 9.29 Å². The summed E-state index contributed by atoms with van der Waals surface area (Å²) in [6.45, 7) is 3.54. The number of carbonyl (C=O) groups excluding carboxylic acids is 1. The van der Waals surface area contributed by atoms with Crippen molar-refractivity contribution in [3.8, 4) is 0 Å². The first-order valence-corrected chi connectivity index (χ1v) is 6.26. The van der Waals surface area contributed by atoms with Crippen molar-refractivity contribution < 1.29 is 80.7 Å². The van der Waals surface area contributed by atoms with Gasteiger partial charge in [-0.05, 0) is 12.8 Å². The minimum absolute atomic E-state index is 0. The van der Waals surface area contributed by atoms with E-state index in [1.54, 1.807) is 0 Å². The summed E-state index contributed by atoms with van der Waals surface area (Å²) in [5.74, 6) is -0.781. The van der Waals surface area contributed by atoms with Crippen molar-refractivity contribution in [2.24, 2.45) is 0 Å². The molecule has 0 saturated heterocycles. The minimum atomic E-state index is -4.08. The molecule has 0 amide bonds. The standard InChI is InChI=1S/C9H16O5S.Rb/c1-2-9(10)14-7-5-3-4-6-8-15(11,12)13;/h2H,1,3-8H2,(H,11,12,13);/q;+1/p-1. The van der Waals surface area contributed by atoms with E-state index >= 15 is 0 Å². The van der Waals surface area contributed by atoms with E-state index in [1.165, 1.54) is 0 Å². The van der Waals surface area contributed by atoms with Crippen molar-refractivity contribution >= 4 is 16.1 Å². The SMILES string of the molecule is C=CC(=O)OCCCCCCS(=O)(=O)[O-].[Rb+]. The van der Waals surface area contributed by atoms with Crippen LogP contribution in [0.3, 0.4) is 0 Å². The van der Waals surface area contributed by atoms with Crippen LogP contribution in [0.1, 0.15) is 25.7 Å². The predicted molar refractivity (Wildman–Crippen MR) is 54.2 cm³/mol. The second-order valence-electron chi connectivity index (χ2n) is 3.05. The molecular weight excluding hydrogens is 306 g/mol. The van der Waals surface area contributed by atoms with E-state index < -0.39 is 16.1 Å². The minimum Gasteiger partial charge on any atom is -0.748 e. The largest absolute Gasteiger partial charge is 1.00 e. The van der Waals surface area contributed by atoms with Crippen molar-refractivity contribution in [1.29, 1.82) is 0 Å². The fourth-order valence-electron chi connectivity index (χ4n) is 0.966. The molecule has 0 bridgehead atoms. The maximum Gasteiger partial charge on any atom is 1.00 e. The van der Waals surface area contributed by atoms with Crippen molar-refractivity contribution in [3.63, 3.8) is 0 Å². The molecule has 0 heterocycles. The zero-order valence-electron chi connectivity index (χ0n) is 9.48. The quantitative estimate of drug-likeness (QED) is 0.220. The van der Waals surface area contributed by atoms with Gasteiger partial charge in [0.1, 0.15) is 0 Å². The number of rotatable bonds is 8. The Morgan fingerprint density at radius 3 is 2.31 bits per heavy atom. The summed E-state index contributed by atoms with van der Waals surface area (Å²) < 4.78 is 35.3. The van der Waals surface area contributed by atoms with Crippen LogP contribution in [0.15, 0.2) is 12.7 Å². The summed E-state index contributed by atoms with van der Waals surface area (Å²) in [5, 5.41) is 0. The Kier molecular flexibility index (Phi) is 13.3. The van der Waals surface area contributed by atoms with Crippen LogP contribution in [0.4, 0.5) is 0 Å². The number of hydrogen-bond donors (Lipinski definition) is 0. The summed E-state index contributed by atoms with van der Waals surface area (Å²) in [7, 11) is -4.08. The molecule has 88 valence electrons. The Morgan fingerprint density at radius 2 is 1.81 bits per heavy atom. The van der Waals surface area contributed by atoms with Gasteiger partial charge in [0.2, 0.25) is 0 Å². The fourth-order valence-corrected chi connectivity index (χ4v) is 1.52. The average molecular weight is 321 g/mol. The van der Waals surface area contributed by atoms with Gasteiger partial charge in [-0.3, -0.25) is 0 Å². The van der Waals surface area contributed by atoms with E-state index in [9.17, 15) is 17.8 Å². The van der Waals surface area contributed by atoms with Crippen molar-refractivity contribution in [1.82, 2.24) is 0 Å². The smallest absolute Gasteiger partial charge is 0.748 e. The Balaban J connectivity index is 0. The molecule has 0 unspecified atom stereocenters. The molecule has 7 heteroatoms. The normalized spacial score (nSPS) is 10.3. The zero-order chi connectivity index (χ0) is 11.7. The number of unbranched alkanes of at least 4 members (excludes halogenated alkanes) is 3. The van der Waals surface area contributed by atoms with E-state index in [1.807, 2.05) is 0 Å². The second-order valence-corrected chi connectivity index (χ2v) is 4.57. The van der Waals surface area contributed by atoms with Crippen LogP contribution in [0.2, 0.25) is 0 Å². The zero-order valence-corrected chi connectivity index (χ0v) is 15.2. The van der Waals surface area contributed by atoms with Gasteiger partial charge in [0.05, 0.1) is 16.7 Å². The van der Waals surface area contributed by atoms with Crippen molar-refractivity contribution in [2.75, 3.05) is 12.4 Å². The topological polar surface area (TPSA) is 83.5 Å². The molecule has 0 saturated carbocycles.